The third-order valence-electron chi connectivity index (χ3n) is 4.76. The van der Waals surface area contributed by atoms with E-state index in [2.05, 4.69) is 20.9 Å². The van der Waals surface area contributed by atoms with Crippen LogP contribution in [0.1, 0.15) is 18.4 Å². The zero-order valence-corrected chi connectivity index (χ0v) is 14.6. The number of amides is 1. The molecule has 1 aromatic heterocycles. The molecule has 1 aromatic carbocycles. The smallest absolute Gasteiger partial charge is 0.227 e. The summed E-state index contributed by atoms with van der Waals surface area (Å²) < 4.78 is 5.47. The van der Waals surface area contributed by atoms with E-state index in [4.69, 9.17) is 4.74 Å². The van der Waals surface area contributed by atoms with Gasteiger partial charge in [-0.15, -0.1) is 0 Å². The van der Waals surface area contributed by atoms with Gasteiger partial charge in [0.05, 0.1) is 6.42 Å². The Balaban J connectivity index is 1.74. The van der Waals surface area contributed by atoms with Crippen molar-refractivity contribution in [1.82, 2.24) is 14.8 Å². The molecule has 5 nitrogen and oxygen atoms in total. The van der Waals surface area contributed by atoms with Crippen molar-refractivity contribution in [2.75, 3.05) is 40.4 Å². The van der Waals surface area contributed by atoms with E-state index in [1.54, 1.807) is 0 Å². The fraction of sp³-hybridized carbons (Fsp3) is 0.526. The highest BCUT2D eigenvalue weighted by atomic mass is 16.5. The molecular formula is C19H27N3O2. The third kappa shape index (κ3) is 3.97. The number of aromatic nitrogens is 1. The van der Waals surface area contributed by atoms with Crippen molar-refractivity contribution >= 4 is 16.8 Å². The zero-order valence-electron chi connectivity index (χ0n) is 14.6. The second kappa shape index (κ2) is 7.81. The van der Waals surface area contributed by atoms with E-state index in [0.717, 1.165) is 55.6 Å². The number of hydrogen-bond acceptors (Lipinski definition) is 3. The van der Waals surface area contributed by atoms with E-state index in [1.165, 1.54) is 0 Å². The van der Waals surface area contributed by atoms with E-state index in [9.17, 15) is 4.79 Å². The van der Waals surface area contributed by atoms with Crippen molar-refractivity contribution in [2.24, 2.45) is 0 Å². The molecule has 24 heavy (non-hydrogen) atoms. The Kier molecular flexibility index (Phi) is 5.53. The SMILES string of the molecule is CN(C)CCN(C(=O)Cc1c[nH]c2ccccc12)C1CCOCC1. The van der Waals surface area contributed by atoms with Gasteiger partial charge in [0.2, 0.25) is 5.91 Å². The molecule has 1 amide bonds. The van der Waals surface area contributed by atoms with Crippen LogP contribution < -0.4 is 0 Å². The van der Waals surface area contributed by atoms with Crippen LogP contribution in [-0.4, -0.2) is 67.1 Å². The number of benzene rings is 1. The summed E-state index contributed by atoms with van der Waals surface area (Å²) in [6, 6.07) is 8.46. The monoisotopic (exact) mass is 329 g/mol. The Labute approximate surface area is 143 Å². The lowest BCUT2D eigenvalue weighted by Gasteiger charge is -2.35. The van der Waals surface area contributed by atoms with Crippen molar-refractivity contribution in [3.8, 4) is 0 Å². The molecular weight excluding hydrogens is 302 g/mol. The molecule has 1 N–H and O–H groups in total. The van der Waals surface area contributed by atoms with E-state index in [1.807, 2.05) is 38.5 Å². The lowest BCUT2D eigenvalue weighted by Crippen LogP contribution is -2.46. The highest BCUT2D eigenvalue weighted by Crippen LogP contribution is 2.21. The van der Waals surface area contributed by atoms with Gasteiger partial charge < -0.3 is 19.5 Å². The summed E-state index contributed by atoms with van der Waals surface area (Å²) in [4.78, 5) is 20.5. The molecule has 5 heteroatoms. The number of rotatable bonds is 6. The maximum absolute atomic E-state index is 13.0. The van der Waals surface area contributed by atoms with Gasteiger partial charge in [0.15, 0.2) is 0 Å². The van der Waals surface area contributed by atoms with Gasteiger partial charge in [-0.1, -0.05) is 18.2 Å². The Morgan fingerprint density at radius 2 is 1.96 bits per heavy atom. The third-order valence-corrected chi connectivity index (χ3v) is 4.76. The maximum atomic E-state index is 13.0. The minimum absolute atomic E-state index is 0.216. The predicted octanol–water partition coefficient (Wildman–Crippen LogP) is 2.28. The molecule has 0 saturated carbocycles. The molecule has 0 atom stereocenters. The first-order valence-electron chi connectivity index (χ1n) is 8.72. The predicted molar refractivity (Wildman–Crippen MR) is 96.1 cm³/mol. The summed E-state index contributed by atoms with van der Waals surface area (Å²) in [5, 5.41) is 1.14. The van der Waals surface area contributed by atoms with Crippen LogP contribution in [-0.2, 0) is 16.0 Å². The van der Waals surface area contributed by atoms with Gasteiger partial charge in [0.25, 0.3) is 0 Å². The Morgan fingerprint density at radius 3 is 2.71 bits per heavy atom. The van der Waals surface area contributed by atoms with Crippen molar-refractivity contribution in [1.29, 1.82) is 0 Å². The molecule has 1 aliphatic rings. The second-order valence-electron chi connectivity index (χ2n) is 6.77. The van der Waals surface area contributed by atoms with Crippen LogP contribution in [0.4, 0.5) is 0 Å². The summed E-state index contributed by atoms with van der Waals surface area (Å²) in [6.45, 7) is 3.17. The van der Waals surface area contributed by atoms with Crippen molar-refractivity contribution in [2.45, 2.75) is 25.3 Å². The average molecular weight is 329 g/mol. The number of H-pyrrole nitrogens is 1. The van der Waals surface area contributed by atoms with Crippen LogP contribution in [0.3, 0.4) is 0 Å². The van der Waals surface area contributed by atoms with Gasteiger partial charge >= 0.3 is 0 Å². The molecule has 0 radical (unpaired) electrons. The standard InChI is InChI=1S/C19H27N3O2/c1-21(2)9-10-22(16-7-11-24-12-8-16)19(23)13-15-14-20-18-6-4-3-5-17(15)18/h3-6,14,16,20H,7-13H2,1-2H3. The van der Waals surface area contributed by atoms with Crippen LogP contribution in [0, 0.1) is 0 Å². The maximum Gasteiger partial charge on any atom is 0.227 e. The summed E-state index contributed by atoms with van der Waals surface area (Å²) in [5.41, 5.74) is 2.17. The van der Waals surface area contributed by atoms with E-state index in [-0.39, 0.29) is 5.91 Å². The number of aromatic amines is 1. The van der Waals surface area contributed by atoms with E-state index >= 15 is 0 Å². The second-order valence-corrected chi connectivity index (χ2v) is 6.77. The minimum atomic E-state index is 0.216. The number of nitrogens with one attached hydrogen (secondary N) is 1. The van der Waals surface area contributed by atoms with Crippen LogP contribution in [0.2, 0.25) is 0 Å². The number of likely N-dealkylation sites (N-methyl/N-ethyl adjacent to an activating group) is 1. The summed E-state index contributed by atoms with van der Waals surface area (Å²) in [7, 11) is 4.10. The number of ether oxygens (including phenoxy) is 1. The lowest BCUT2D eigenvalue weighted by atomic mass is 10.0. The molecule has 1 fully saturated rings. The van der Waals surface area contributed by atoms with Gasteiger partial charge in [0.1, 0.15) is 0 Å². The van der Waals surface area contributed by atoms with Crippen molar-refractivity contribution < 1.29 is 9.53 Å². The van der Waals surface area contributed by atoms with Gasteiger partial charge in [-0.25, -0.2) is 0 Å². The molecule has 1 saturated heterocycles. The number of hydrogen-bond donors (Lipinski definition) is 1. The Bertz CT molecular complexity index is 674. The van der Waals surface area contributed by atoms with Crippen LogP contribution in [0.5, 0.6) is 0 Å². The first-order chi connectivity index (χ1) is 11.6. The number of nitrogens with zero attached hydrogens (tertiary/aromatic N) is 2. The summed E-state index contributed by atoms with van der Waals surface area (Å²) >= 11 is 0. The molecule has 130 valence electrons. The van der Waals surface area contributed by atoms with E-state index < -0.39 is 0 Å². The largest absolute Gasteiger partial charge is 0.381 e. The molecule has 0 unspecified atom stereocenters. The first-order valence-corrected chi connectivity index (χ1v) is 8.72. The Hall–Kier alpha value is -1.85. The summed E-state index contributed by atoms with van der Waals surface area (Å²) in [6.07, 6.45) is 4.30. The molecule has 2 aromatic rings. The minimum Gasteiger partial charge on any atom is -0.381 e. The van der Waals surface area contributed by atoms with Crippen LogP contribution in [0.25, 0.3) is 10.9 Å². The number of para-hydroxylation sites is 1. The quantitative estimate of drug-likeness (QED) is 0.884. The number of fused-ring (bicyclic) bond motifs is 1. The lowest BCUT2D eigenvalue weighted by molar-refractivity contribution is -0.134. The fourth-order valence-electron chi connectivity index (χ4n) is 3.36. The Morgan fingerprint density at radius 1 is 1.21 bits per heavy atom. The van der Waals surface area contributed by atoms with Gasteiger partial charge in [-0.2, -0.15) is 0 Å². The van der Waals surface area contributed by atoms with Gasteiger partial charge in [-0.3, -0.25) is 4.79 Å². The van der Waals surface area contributed by atoms with Crippen LogP contribution >= 0.6 is 0 Å². The molecule has 3 rings (SSSR count). The van der Waals surface area contributed by atoms with Gasteiger partial charge in [-0.05, 0) is 38.6 Å². The normalized spacial score (nSPS) is 16.0. The fourth-order valence-corrected chi connectivity index (χ4v) is 3.36. The average Bonchev–Trinajstić information content (AvgIpc) is 2.99. The summed E-state index contributed by atoms with van der Waals surface area (Å²) in [5.74, 6) is 0.216. The van der Waals surface area contributed by atoms with Crippen LogP contribution in [0.15, 0.2) is 30.5 Å². The van der Waals surface area contributed by atoms with Crippen molar-refractivity contribution in [3.63, 3.8) is 0 Å². The molecule has 2 heterocycles. The van der Waals surface area contributed by atoms with Crippen molar-refractivity contribution in [3.05, 3.63) is 36.0 Å². The highest BCUT2D eigenvalue weighted by Gasteiger charge is 2.26. The topological polar surface area (TPSA) is 48.6 Å². The van der Waals surface area contributed by atoms with E-state index in [0.29, 0.717) is 12.5 Å². The first kappa shape index (κ1) is 17.0. The number of carbonyl (C=O) groups is 1. The molecule has 0 bridgehead atoms. The molecule has 0 spiro atoms. The molecule has 1 aliphatic heterocycles. The molecule has 0 aliphatic carbocycles. The number of carbonyl (C=O) groups excluding carboxylic acids is 1. The van der Waals surface area contributed by atoms with Gasteiger partial charge in [0, 0.05) is 49.4 Å². The highest BCUT2D eigenvalue weighted by molar-refractivity contribution is 5.89. The zero-order chi connectivity index (χ0) is 16.9.